The van der Waals surface area contributed by atoms with Gasteiger partial charge in [-0.1, -0.05) is 24.0 Å². The molecule has 4 rings (SSSR count). The van der Waals surface area contributed by atoms with Gasteiger partial charge in [0.25, 0.3) is 0 Å². The number of benzene rings is 1. The average Bonchev–Trinajstić information content (AvgIpc) is 2.93. The lowest BCUT2D eigenvalue weighted by molar-refractivity contribution is -0.135. The number of fused-ring (bicyclic) bond motifs is 1. The number of likely N-dealkylation sites (tertiary alicyclic amines) is 1. The van der Waals surface area contributed by atoms with Crippen molar-refractivity contribution in [3.8, 4) is 5.75 Å². The molecular weight excluding hydrogens is 488 g/mol. The summed E-state index contributed by atoms with van der Waals surface area (Å²) in [6.07, 6.45) is 7.69. The fourth-order valence-corrected chi connectivity index (χ4v) is 6.49. The maximum atomic E-state index is 12.5. The molecule has 3 atom stereocenters. The zero-order valence-corrected chi connectivity index (χ0v) is 22.6. The molecule has 210 valence electrons. The van der Waals surface area contributed by atoms with Crippen LogP contribution in [0.25, 0.3) is 10.4 Å². The van der Waals surface area contributed by atoms with Crippen molar-refractivity contribution in [3.63, 3.8) is 0 Å². The van der Waals surface area contributed by atoms with Gasteiger partial charge in [-0.15, -0.1) is 0 Å². The van der Waals surface area contributed by atoms with Gasteiger partial charge in [0.1, 0.15) is 5.75 Å². The highest BCUT2D eigenvalue weighted by molar-refractivity contribution is 5.72. The summed E-state index contributed by atoms with van der Waals surface area (Å²) in [5.41, 5.74) is 11.3. The molecule has 10 nitrogen and oxygen atoms in total. The highest BCUT2D eigenvalue weighted by Crippen LogP contribution is 2.55. The van der Waals surface area contributed by atoms with E-state index in [0.717, 1.165) is 13.0 Å². The van der Waals surface area contributed by atoms with Crippen molar-refractivity contribution in [3.05, 3.63) is 39.8 Å². The van der Waals surface area contributed by atoms with Crippen LogP contribution in [0.3, 0.4) is 0 Å². The van der Waals surface area contributed by atoms with Gasteiger partial charge in [-0.05, 0) is 74.0 Å². The van der Waals surface area contributed by atoms with Crippen LogP contribution in [0.5, 0.6) is 5.75 Å². The van der Waals surface area contributed by atoms with E-state index in [1.807, 2.05) is 6.07 Å². The minimum atomic E-state index is -0.268. The number of azide groups is 1. The second-order valence-electron chi connectivity index (χ2n) is 10.5. The number of carbonyl (C=O) groups is 1. The molecule has 1 saturated heterocycles. The van der Waals surface area contributed by atoms with Crippen molar-refractivity contribution >= 4 is 5.97 Å². The number of esters is 1. The first kappa shape index (κ1) is 28.8. The number of carbonyl (C=O) groups excluding carboxylic acids is 1. The van der Waals surface area contributed by atoms with Crippen LogP contribution in [0, 0.1) is 5.92 Å². The normalized spacial score (nSPS) is 24.2. The van der Waals surface area contributed by atoms with E-state index in [1.54, 1.807) is 0 Å². The molecule has 2 bridgehead atoms. The van der Waals surface area contributed by atoms with Crippen molar-refractivity contribution in [1.82, 2.24) is 4.90 Å². The van der Waals surface area contributed by atoms with E-state index in [2.05, 4.69) is 34.1 Å². The Bertz CT molecular complexity index is 955. The Morgan fingerprint density at radius 3 is 2.47 bits per heavy atom. The molecule has 0 N–H and O–H groups in total. The van der Waals surface area contributed by atoms with E-state index in [4.69, 9.17) is 29.2 Å². The van der Waals surface area contributed by atoms with Gasteiger partial charge >= 0.3 is 5.97 Å². The monoisotopic (exact) mass is 530 g/mol. The molecule has 1 aromatic carbocycles. The number of nitrogens with zero attached hydrogens (tertiary/aromatic N) is 4. The van der Waals surface area contributed by atoms with Crippen LogP contribution in [0.15, 0.2) is 23.3 Å². The number of rotatable bonds is 16. The Kier molecular flexibility index (Phi) is 11.2. The Labute approximate surface area is 225 Å². The predicted octanol–water partition coefficient (Wildman–Crippen LogP) is 4.05. The summed E-state index contributed by atoms with van der Waals surface area (Å²) in [6, 6.07) is 6.95. The lowest BCUT2D eigenvalue weighted by atomic mass is 9.52. The summed E-state index contributed by atoms with van der Waals surface area (Å²) >= 11 is 0. The van der Waals surface area contributed by atoms with E-state index in [1.165, 1.54) is 43.2 Å². The van der Waals surface area contributed by atoms with E-state index < -0.39 is 0 Å². The first-order chi connectivity index (χ1) is 18.6. The molecule has 2 aliphatic carbocycles. The Balaban J connectivity index is 1.10. The van der Waals surface area contributed by atoms with Crippen LogP contribution < -0.4 is 4.74 Å². The summed E-state index contributed by atoms with van der Waals surface area (Å²) in [7, 11) is 2.28. The van der Waals surface area contributed by atoms with Gasteiger partial charge in [0, 0.05) is 22.9 Å². The minimum absolute atomic E-state index is 0.209. The van der Waals surface area contributed by atoms with Gasteiger partial charge in [0.15, 0.2) is 0 Å². The van der Waals surface area contributed by atoms with Crippen LogP contribution in [-0.4, -0.2) is 89.9 Å². The largest absolute Gasteiger partial charge is 0.426 e. The molecule has 1 saturated carbocycles. The second kappa shape index (κ2) is 14.8. The van der Waals surface area contributed by atoms with Gasteiger partial charge in [-0.3, -0.25) is 4.79 Å². The number of piperidine rings is 1. The summed E-state index contributed by atoms with van der Waals surface area (Å²) in [6.45, 7) is 4.85. The van der Waals surface area contributed by atoms with Crippen LogP contribution in [-0.2, 0) is 35.6 Å². The maximum absolute atomic E-state index is 12.5. The molecule has 3 aliphatic rings. The summed E-state index contributed by atoms with van der Waals surface area (Å²) in [5.74, 6) is 1.11. The fraction of sp³-hybridized carbons (Fsp3) is 0.750. The van der Waals surface area contributed by atoms with Crippen molar-refractivity contribution in [2.75, 3.05) is 73.0 Å². The molecule has 2 fully saturated rings. The molecule has 1 heterocycles. The van der Waals surface area contributed by atoms with Gasteiger partial charge in [0.2, 0.25) is 0 Å². The third-order valence-corrected chi connectivity index (χ3v) is 8.28. The molecule has 1 aliphatic heterocycles. The first-order valence-electron chi connectivity index (χ1n) is 14.0. The van der Waals surface area contributed by atoms with Crippen LogP contribution in [0.4, 0.5) is 0 Å². The number of hydrogen-bond donors (Lipinski definition) is 0. The lowest BCUT2D eigenvalue weighted by Crippen LogP contribution is -2.59. The number of hydrogen-bond acceptors (Lipinski definition) is 8. The lowest BCUT2D eigenvalue weighted by Gasteiger charge is -2.58. The Morgan fingerprint density at radius 1 is 1.03 bits per heavy atom. The van der Waals surface area contributed by atoms with Crippen molar-refractivity contribution in [1.29, 1.82) is 0 Å². The fourth-order valence-electron chi connectivity index (χ4n) is 6.49. The predicted molar refractivity (Wildman–Crippen MR) is 142 cm³/mol. The molecular formula is C28H42N4O6. The third kappa shape index (κ3) is 7.46. The topological polar surface area (TPSA) is 115 Å². The van der Waals surface area contributed by atoms with Gasteiger partial charge < -0.3 is 28.6 Å². The quantitative estimate of drug-likeness (QED) is 0.0791. The van der Waals surface area contributed by atoms with Crippen LogP contribution in [0.2, 0.25) is 0 Å². The van der Waals surface area contributed by atoms with Crippen LogP contribution in [0.1, 0.15) is 49.7 Å². The van der Waals surface area contributed by atoms with E-state index in [-0.39, 0.29) is 17.8 Å². The summed E-state index contributed by atoms with van der Waals surface area (Å²) < 4.78 is 27.4. The second-order valence-corrected chi connectivity index (χ2v) is 10.5. The van der Waals surface area contributed by atoms with E-state index >= 15 is 0 Å². The van der Waals surface area contributed by atoms with Crippen molar-refractivity contribution in [2.24, 2.45) is 11.0 Å². The molecule has 0 amide bonds. The van der Waals surface area contributed by atoms with Gasteiger partial charge in [-0.2, -0.15) is 0 Å². The highest BCUT2D eigenvalue weighted by atomic mass is 16.6. The number of ether oxygens (including phenoxy) is 5. The van der Waals surface area contributed by atoms with Gasteiger partial charge in [0.05, 0.1) is 59.3 Å². The Morgan fingerprint density at radius 2 is 1.74 bits per heavy atom. The molecule has 0 unspecified atom stereocenters. The zero-order valence-electron chi connectivity index (χ0n) is 22.6. The summed E-state index contributed by atoms with van der Waals surface area (Å²) in [4.78, 5) is 17.7. The average molecular weight is 531 g/mol. The molecule has 1 aromatic rings. The standard InChI is InChI=1S/C28H42N4O6/c1-32-11-9-28-8-3-2-4-24(28)26(32)20-22-5-6-23(21-25(22)28)38-27(33)7-12-34-14-16-36-18-19-37-17-15-35-13-10-30-31-29/h5-6,21,24,26H,2-4,7-20H2,1H3/t24-,26+,28+/m0/s1. The van der Waals surface area contributed by atoms with Gasteiger partial charge in [-0.25, -0.2) is 0 Å². The SMILES string of the molecule is CN1CC[C@]23CCCC[C@H]2[C@H]1Cc1ccc(OC(=O)CCOCCOCCOCCOCCN=[N+]=[N-])cc13. The van der Waals surface area contributed by atoms with Crippen molar-refractivity contribution in [2.45, 2.75) is 56.4 Å². The highest BCUT2D eigenvalue weighted by Gasteiger charge is 2.53. The third-order valence-electron chi connectivity index (χ3n) is 8.28. The maximum Gasteiger partial charge on any atom is 0.313 e. The zero-order chi connectivity index (χ0) is 26.6. The Hall–Kier alpha value is -2.20. The molecule has 10 heteroatoms. The molecule has 0 radical (unpaired) electrons. The number of likely N-dealkylation sites (N-methyl/N-ethyl adjacent to an activating group) is 1. The minimum Gasteiger partial charge on any atom is -0.426 e. The molecule has 38 heavy (non-hydrogen) atoms. The van der Waals surface area contributed by atoms with E-state index in [9.17, 15) is 4.79 Å². The van der Waals surface area contributed by atoms with Crippen molar-refractivity contribution < 1.29 is 28.5 Å². The smallest absolute Gasteiger partial charge is 0.313 e. The summed E-state index contributed by atoms with van der Waals surface area (Å²) in [5, 5.41) is 3.38. The van der Waals surface area contributed by atoms with Crippen LogP contribution >= 0.6 is 0 Å². The first-order valence-corrected chi connectivity index (χ1v) is 14.0. The molecule has 0 aromatic heterocycles. The molecule has 0 spiro atoms. The van der Waals surface area contributed by atoms with E-state index in [0.29, 0.717) is 77.1 Å².